The van der Waals surface area contributed by atoms with E-state index in [2.05, 4.69) is 57.0 Å². The molecule has 2 rings (SSSR count). The molecule has 0 amide bonds. The average Bonchev–Trinajstić information content (AvgIpc) is 2.39. The third kappa shape index (κ3) is 4.37. The quantitative estimate of drug-likeness (QED) is 0.870. The smallest absolute Gasteiger partial charge is 0.0642 e. The molecule has 21 heavy (non-hydrogen) atoms. The van der Waals surface area contributed by atoms with Gasteiger partial charge in [-0.15, -0.1) is 0 Å². The van der Waals surface area contributed by atoms with Crippen molar-refractivity contribution in [2.75, 3.05) is 18.0 Å². The molecule has 0 bridgehead atoms. The normalized spacial score (nSPS) is 23.4. The van der Waals surface area contributed by atoms with Crippen molar-refractivity contribution < 1.29 is 0 Å². The van der Waals surface area contributed by atoms with Gasteiger partial charge in [0.15, 0.2) is 0 Å². The topological polar surface area (TPSA) is 15.3 Å². The van der Waals surface area contributed by atoms with Gasteiger partial charge >= 0.3 is 0 Å². The number of nitrogens with one attached hydrogen (secondary N) is 1. The highest BCUT2D eigenvalue weighted by Gasteiger charge is 2.25. The van der Waals surface area contributed by atoms with Crippen LogP contribution < -0.4 is 10.2 Å². The largest absolute Gasteiger partial charge is 0.370 e. The molecule has 1 N–H and O–H groups in total. The molecule has 0 saturated carbocycles. The second-order valence-electron chi connectivity index (χ2n) is 7.54. The van der Waals surface area contributed by atoms with Crippen LogP contribution in [0.1, 0.15) is 46.6 Å². The summed E-state index contributed by atoms with van der Waals surface area (Å²) in [6, 6.07) is 6.27. The van der Waals surface area contributed by atoms with Crippen molar-refractivity contribution in [3.63, 3.8) is 0 Å². The number of hydrogen-bond donors (Lipinski definition) is 1. The summed E-state index contributed by atoms with van der Waals surface area (Å²) in [6.07, 6.45) is 1.25. The summed E-state index contributed by atoms with van der Waals surface area (Å²) >= 11 is 6.53. The van der Waals surface area contributed by atoms with Crippen molar-refractivity contribution in [2.45, 2.75) is 53.1 Å². The highest BCUT2D eigenvalue weighted by molar-refractivity contribution is 6.33. The molecule has 0 spiro atoms. The molecule has 1 saturated heterocycles. The highest BCUT2D eigenvalue weighted by atomic mass is 35.5. The van der Waals surface area contributed by atoms with Crippen molar-refractivity contribution in [1.82, 2.24) is 5.32 Å². The Hall–Kier alpha value is -0.730. The van der Waals surface area contributed by atoms with E-state index in [1.54, 1.807) is 0 Å². The van der Waals surface area contributed by atoms with Gasteiger partial charge in [-0.1, -0.05) is 37.6 Å². The Balaban J connectivity index is 2.21. The molecule has 1 aromatic rings. The number of hydrogen-bond acceptors (Lipinski definition) is 2. The zero-order valence-corrected chi connectivity index (χ0v) is 14.8. The first kappa shape index (κ1) is 16.6. The van der Waals surface area contributed by atoms with Crippen molar-refractivity contribution >= 4 is 17.3 Å². The summed E-state index contributed by atoms with van der Waals surface area (Å²) in [5, 5.41) is 4.46. The molecule has 0 aromatic heterocycles. The van der Waals surface area contributed by atoms with E-state index in [4.69, 9.17) is 11.6 Å². The number of para-hydroxylation sites is 1. The number of rotatable bonds is 3. The SMILES string of the molecule is CC1CCN(c2c(Cl)cccc2CNC(C)(C)C)CC1C. The Morgan fingerprint density at radius 3 is 2.57 bits per heavy atom. The molecule has 0 radical (unpaired) electrons. The van der Waals surface area contributed by atoms with Crippen molar-refractivity contribution in [2.24, 2.45) is 11.8 Å². The summed E-state index contributed by atoms with van der Waals surface area (Å²) in [4.78, 5) is 2.48. The Bertz CT molecular complexity index is 479. The molecule has 1 aliphatic rings. The third-order valence-corrected chi connectivity index (χ3v) is 4.83. The van der Waals surface area contributed by atoms with Crippen LogP contribution in [0, 0.1) is 11.8 Å². The first-order valence-corrected chi connectivity index (χ1v) is 8.43. The van der Waals surface area contributed by atoms with Crippen LogP contribution in [0.2, 0.25) is 5.02 Å². The summed E-state index contributed by atoms with van der Waals surface area (Å²) in [7, 11) is 0. The van der Waals surface area contributed by atoms with Crippen molar-refractivity contribution in [3.8, 4) is 0 Å². The zero-order chi connectivity index (χ0) is 15.6. The monoisotopic (exact) mass is 308 g/mol. The van der Waals surface area contributed by atoms with E-state index in [0.717, 1.165) is 36.5 Å². The van der Waals surface area contributed by atoms with Crippen molar-refractivity contribution in [3.05, 3.63) is 28.8 Å². The maximum atomic E-state index is 6.53. The first-order chi connectivity index (χ1) is 9.78. The van der Waals surface area contributed by atoms with Crippen LogP contribution in [0.15, 0.2) is 18.2 Å². The van der Waals surface area contributed by atoms with Crippen LogP contribution in [0.5, 0.6) is 0 Å². The predicted molar refractivity (Wildman–Crippen MR) is 93.2 cm³/mol. The van der Waals surface area contributed by atoms with Gasteiger partial charge in [-0.25, -0.2) is 0 Å². The van der Waals surface area contributed by atoms with Crippen LogP contribution in [0.3, 0.4) is 0 Å². The molecule has 2 atom stereocenters. The molecule has 118 valence electrons. The minimum atomic E-state index is 0.114. The van der Waals surface area contributed by atoms with Crippen molar-refractivity contribution in [1.29, 1.82) is 0 Å². The van der Waals surface area contributed by atoms with Crippen LogP contribution in [-0.4, -0.2) is 18.6 Å². The van der Waals surface area contributed by atoms with E-state index in [9.17, 15) is 0 Å². The Labute approximate surface area is 134 Å². The molecule has 3 heteroatoms. The maximum absolute atomic E-state index is 6.53. The van der Waals surface area contributed by atoms with Gasteiger partial charge in [0.2, 0.25) is 0 Å². The van der Waals surface area contributed by atoms with Gasteiger partial charge in [-0.05, 0) is 50.7 Å². The lowest BCUT2D eigenvalue weighted by Gasteiger charge is -2.38. The van der Waals surface area contributed by atoms with E-state index in [0.29, 0.717) is 0 Å². The minimum absolute atomic E-state index is 0.114. The summed E-state index contributed by atoms with van der Waals surface area (Å²) < 4.78 is 0. The van der Waals surface area contributed by atoms with E-state index >= 15 is 0 Å². The molecule has 1 heterocycles. The third-order valence-electron chi connectivity index (χ3n) is 4.53. The maximum Gasteiger partial charge on any atom is 0.0642 e. The molecule has 0 aliphatic carbocycles. The lowest BCUT2D eigenvalue weighted by atomic mass is 9.88. The zero-order valence-electron chi connectivity index (χ0n) is 14.0. The van der Waals surface area contributed by atoms with Crippen LogP contribution in [0.25, 0.3) is 0 Å². The Morgan fingerprint density at radius 1 is 1.24 bits per heavy atom. The molecule has 1 fully saturated rings. The molecular formula is C18H29ClN2. The van der Waals surface area contributed by atoms with Gasteiger partial charge in [0.05, 0.1) is 10.7 Å². The van der Waals surface area contributed by atoms with Gasteiger partial charge in [0.25, 0.3) is 0 Å². The minimum Gasteiger partial charge on any atom is -0.370 e. The van der Waals surface area contributed by atoms with E-state index < -0.39 is 0 Å². The van der Waals surface area contributed by atoms with E-state index in [1.807, 2.05) is 6.07 Å². The molecule has 1 aliphatic heterocycles. The Morgan fingerprint density at radius 2 is 1.95 bits per heavy atom. The number of nitrogens with zero attached hydrogens (tertiary/aromatic N) is 1. The van der Waals surface area contributed by atoms with Gasteiger partial charge in [0, 0.05) is 25.2 Å². The van der Waals surface area contributed by atoms with Crippen LogP contribution in [0.4, 0.5) is 5.69 Å². The van der Waals surface area contributed by atoms with Gasteiger partial charge in [-0.3, -0.25) is 0 Å². The second kappa shape index (κ2) is 6.58. The van der Waals surface area contributed by atoms with E-state index in [-0.39, 0.29) is 5.54 Å². The fourth-order valence-corrected chi connectivity index (χ4v) is 3.20. The van der Waals surface area contributed by atoms with Gasteiger partial charge < -0.3 is 10.2 Å². The first-order valence-electron chi connectivity index (χ1n) is 8.05. The summed E-state index contributed by atoms with van der Waals surface area (Å²) in [5.74, 6) is 1.53. The Kier molecular flexibility index (Phi) is 5.21. The summed E-state index contributed by atoms with van der Waals surface area (Å²) in [6.45, 7) is 14.4. The average molecular weight is 309 g/mol. The highest BCUT2D eigenvalue weighted by Crippen LogP contribution is 2.34. The predicted octanol–water partition coefficient (Wildman–Crippen LogP) is 4.71. The molecular weight excluding hydrogens is 280 g/mol. The fourth-order valence-electron chi connectivity index (χ4n) is 2.88. The number of halogens is 1. The molecule has 2 unspecified atom stereocenters. The number of anilines is 1. The number of piperidine rings is 1. The second-order valence-corrected chi connectivity index (χ2v) is 7.95. The lowest BCUT2D eigenvalue weighted by Crippen LogP contribution is -2.40. The summed E-state index contributed by atoms with van der Waals surface area (Å²) in [5.41, 5.74) is 2.65. The molecule has 1 aromatic carbocycles. The lowest BCUT2D eigenvalue weighted by molar-refractivity contribution is 0.323. The van der Waals surface area contributed by atoms with Gasteiger partial charge in [-0.2, -0.15) is 0 Å². The number of benzene rings is 1. The standard InChI is InChI=1S/C18H29ClN2/c1-13-9-10-21(12-14(13)2)17-15(7-6-8-16(17)19)11-20-18(3,4)5/h6-8,13-14,20H,9-12H2,1-5H3. The fraction of sp³-hybridized carbons (Fsp3) is 0.667. The van der Waals surface area contributed by atoms with E-state index in [1.165, 1.54) is 17.7 Å². The van der Waals surface area contributed by atoms with Crippen LogP contribution >= 0.6 is 11.6 Å². The van der Waals surface area contributed by atoms with Crippen LogP contribution in [-0.2, 0) is 6.54 Å². The molecule has 2 nitrogen and oxygen atoms in total. The van der Waals surface area contributed by atoms with Gasteiger partial charge in [0.1, 0.15) is 0 Å².